The summed E-state index contributed by atoms with van der Waals surface area (Å²) < 4.78 is 2.30. The highest BCUT2D eigenvalue weighted by Crippen LogP contribution is 2.38. The van der Waals surface area contributed by atoms with Crippen molar-refractivity contribution in [3.63, 3.8) is 0 Å². The van der Waals surface area contributed by atoms with Crippen LogP contribution in [0.25, 0.3) is 31.3 Å². The molecule has 2 N–H and O–H groups in total. The fourth-order valence-electron chi connectivity index (χ4n) is 2.92. The first kappa shape index (κ1) is 13.5. The van der Waals surface area contributed by atoms with Gasteiger partial charge in [0.15, 0.2) is 0 Å². The van der Waals surface area contributed by atoms with Gasteiger partial charge in [0, 0.05) is 20.2 Å². The van der Waals surface area contributed by atoms with E-state index in [-0.39, 0.29) is 0 Å². The largest absolute Gasteiger partial charge is 0.489 e. The number of fused-ring (bicyclic) bond motifs is 3. The monoisotopic (exact) mass is 304 g/mol. The Hall–Kier alpha value is -2.14. The van der Waals surface area contributed by atoms with Gasteiger partial charge in [-0.2, -0.15) is 0 Å². The van der Waals surface area contributed by atoms with E-state index in [0.717, 1.165) is 21.2 Å². The van der Waals surface area contributed by atoms with Crippen molar-refractivity contribution < 1.29 is 10.0 Å². The normalized spacial score (nSPS) is 11.2. The first-order chi connectivity index (χ1) is 10.8. The fraction of sp³-hybridized carbons (Fsp3) is 0. The Morgan fingerprint density at radius 3 is 2.23 bits per heavy atom. The van der Waals surface area contributed by atoms with Crippen LogP contribution in [0.1, 0.15) is 0 Å². The molecule has 0 fully saturated rings. The molecule has 4 rings (SSSR count). The number of thiophene rings is 1. The Balaban J connectivity index is 2.16. The number of benzene rings is 3. The average molecular weight is 304 g/mol. The van der Waals surface area contributed by atoms with E-state index in [1.807, 2.05) is 54.6 Å². The van der Waals surface area contributed by atoms with Crippen molar-refractivity contribution in [2.24, 2.45) is 0 Å². The lowest BCUT2D eigenvalue weighted by molar-refractivity contribution is 0.426. The summed E-state index contributed by atoms with van der Waals surface area (Å²) in [5.74, 6) is 0. The fourth-order valence-corrected chi connectivity index (χ4v) is 4.20. The highest BCUT2D eigenvalue weighted by Gasteiger charge is 2.21. The van der Waals surface area contributed by atoms with Gasteiger partial charge in [-0.15, -0.1) is 11.3 Å². The van der Waals surface area contributed by atoms with Gasteiger partial charge in [0.25, 0.3) is 0 Å². The maximum atomic E-state index is 9.76. The van der Waals surface area contributed by atoms with Crippen molar-refractivity contribution in [2.75, 3.05) is 0 Å². The molecule has 0 amide bonds. The van der Waals surface area contributed by atoms with E-state index in [2.05, 4.69) is 12.1 Å². The molecular formula is C18H13BO2S. The molecule has 0 bridgehead atoms. The van der Waals surface area contributed by atoms with Crippen molar-refractivity contribution in [1.29, 1.82) is 0 Å². The van der Waals surface area contributed by atoms with Gasteiger partial charge in [-0.1, -0.05) is 60.7 Å². The van der Waals surface area contributed by atoms with E-state index in [0.29, 0.717) is 5.46 Å². The van der Waals surface area contributed by atoms with Crippen LogP contribution in [-0.4, -0.2) is 17.2 Å². The minimum Gasteiger partial charge on any atom is -0.423 e. The molecule has 22 heavy (non-hydrogen) atoms. The molecule has 4 heteroatoms. The van der Waals surface area contributed by atoms with Gasteiger partial charge in [-0.05, 0) is 22.7 Å². The first-order valence-corrected chi connectivity index (χ1v) is 7.93. The number of hydrogen-bond donors (Lipinski definition) is 2. The van der Waals surface area contributed by atoms with Crippen molar-refractivity contribution >= 4 is 44.1 Å². The Morgan fingerprint density at radius 1 is 0.727 bits per heavy atom. The van der Waals surface area contributed by atoms with Crippen molar-refractivity contribution in [1.82, 2.24) is 0 Å². The molecule has 0 radical (unpaired) electrons. The van der Waals surface area contributed by atoms with Crippen LogP contribution in [0.4, 0.5) is 0 Å². The summed E-state index contributed by atoms with van der Waals surface area (Å²) in [7, 11) is -1.48. The summed E-state index contributed by atoms with van der Waals surface area (Å²) in [6.45, 7) is 0. The Morgan fingerprint density at radius 2 is 1.45 bits per heavy atom. The van der Waals surface area contributed by atoms with Crippen molar-refractivity contribution in [2.45, 2.75) is 0 Å². The molecule has 1 aromatic heterocycles. The standard InChI is InChI=1S/C18H13BO2S/c20-19(21)15-11-10-14-13-8-4-5-9-16(13)22-18(14)17(15)12-6-2-1-3-7-12/h1-11,20-21H. The molecule has 0 saturated carbocycles. The van der Waals surface area contributed by atoms with Crippen LogP contribution in [0.5, 0.6) is 0 Å². The van der Waals surface area contributed by atoms with Crippen molar-refractivity contribution in [3.8, 4) is 11.1 Å². The van der Waals surface area contributed by atoms with E-state index in [4.69, 9.17) is 0 Å². The van der Waals surface area contributed by atoms with Gasteiger partial charge >= 0.3 is 7.12 Å². The molecule has 1 heterocycles. The van der Waals surface area contributed by atoms with E-state index in [9.17, 15) is 10.0 Å². The summed E-state index contributed by atoms with van der Waals surface area (Å²) in [6.07, 6.45) is 0. The summed E-state index contributed by atoms with van der Waals surface area (Å²) in [5, 5.41) is 21.9. The summed E-state index contributed by atoms with van der Waals surface area (Å²) in [4.78, 5) is 0. The maximum absolute atomic E-state index is 9.76. The Labute approximate surface area is 132 Å². The van der Waals surface area contributed by atoms with Gasteiger partial charge in [-0.25, -0.2) is 0 Å². The van der Waals surface area contributed by atoms with E-state index in [1.54, 1.807) is 11.3 Å². The van der Waals surface area contributed by atoms with Crippen LogP contribution in [0.3, 0.4) is 0 Å². The molecule has 0 aliphatic heterocycles. The number of rotatable bonds is 2. The van der Waals surface area contributed by atoms with Gasteiger partial charge in [0.05, 0.1) is 0 Å². The van der Waals surface area contributed by atoms with Crippen LogP contribution in [-0.2, 0) is 0 Å². The zero-order valence-electron chi connectivity index (χ0n) is 11.7. The maximum Gasteiger partial charge on any atom is 0.489 e. The summed E-state index contributed by atoms with van der Waals surface area (Å²) >= 11 is 1.69. The SMILES string of the molecule is OB(O)c1ccc2c(sc3ccccc32)c1-c1ccccc1. The molecule has 106 valence electrons. The van der Waals surface area contributed by atoms with Gasteiger partial charge < -0.3 is 10.0 Å². The second-order valence-electron chi connectivity index (χ2n) is 5.24. The molecule has 0 saturated heterocycles. The van der Waals surface area contributed by atoms with Crippen LogP contribution >= 0.6 is 11.3 Å². The predicted molar refractivity (Wildman–Crippen MR) is 94.6 cm³/mol. The third kappa shape index (κ3) is 2.04. The third-order valence-electron chi connectivity index (χ3n) is 3.92. The van der Waals surface area contributed by atoms with Crippen molar-refractivity contribution in [3.05, 3.63) is 66.7 Å². The van der Waals surface area contributed by atoms with Crippen LogP contribution in [0.2, 0.25) is 0 Å². The molecule has 4 aromatic rings. The quantitative estimate of drug-likeness (QED) is 0.557. The predicted octanol–water partition coefficient (Wildman–Crippen LogP) is 3.40. The third-order valence-corrected chi connectivity index (χ3v) is 5.12. The minimum absolute atomic E-state index is 0.547. The second kappa shape index (κ2) is 5.25. The summed E-state index contributed by atoms with van der Waals surface area (Å²) in [5.41, 5.74) is 2.46. The Bertz CT molecular complexity index is 961. The highest BCUT2D eigenvalue weighted by molar-refractivity contribution is 7.26. The minimum atomic E-state index is -1.48. The van der Waals surface area contributed by atoms with Crippen LogP contribution in [0.15, 0.2) is 66.7 Å². The van der Waals surface area contributed by atoms with Gasteiger partial charge in [-0.3, -0.25) is 0 Å². The zero-order valence-corrected chi connectivity index (χ0v) is 12.5. The lowest BCUT2D eigenvalue weighted by Crippen LogP contribution is -2.31. The molecule has 3 aromatic carbocycles. The lowest BCUT2D eigenvalue weighted by atomic mass is 9.75. The van der Waals surface area contributed by atoms with Gasteiger partial charge in [0.2, 0.25) is 0 Å². The van der Waals surface area contributed by atoms with E-state index in [1.165, 1.54) is 10.1 Å². The molecular weight excluding hydrogens is 291 g/mol. The molecule has 0 atom stereocenters. The van der Waals surface area contributed by atoms with Crippen LogP contribution in [0, 0.1) is 0 Å². The second-order valence-corrected chi connectivity index (χ2v) is 6.30. The highest BCUT2D eigenvalue weighted by atomic mass is 32.1. The lowest BCUT2D eigenvalue weighted by Gasteiger charge is -2.10. The van der Waals surface area contributed by atoms with E-state index < -0.39 is 7.12 Å². The molecule has 0 unspecified atom stereocenters. The molecule has 2 nitrogen and oxygen atoms in total. The zero-order chi connectivity index (χ0) is 15.1. The summed E-state index contributed by atoms with van der Waals surface area (Å²) in [6, 6.07) is 22.0. The van der Waals surface area contributed by atoms with E-state index >= 15 is 0 Å². The molecule has 0 spiro atoms. The Kier molecular flexibility index (Phi) is 3.23. The molecule has 0 aliphatic rings. The van der Waals surface area contributed by atoms with Crippen LogP contribution < -0.4 is 5.46 Å². The topological polar surface area (TPSA) is 40.5 Å². The molecule has 0 aliphatic carbocycles. The number of hydrogen-bond acceptors (Lipinski definition) is 3. The van der Waals surface area contributed by atoms with Gasteiger partial charge in [0.1, 0.15) is 0 Å². The average Bonchev–Trinajstić information content (AvgIpc) is 2.93. The first-order valence-electron chi connectivity index (χ1n) is 7.11. The smallest absolute Gasteiger partial charge is 0.423 e.